The van der Waals surface area contributed by atoms with Crippen molar-refractivity contribution in [2.24, 2.45) is 31.3 Å². The highest BCUT2D eigenvalue weighted by Gasteiger charge is 2.51. The highest BCUT2D eigenvalue weighted by Crippen LogP contribution is 2.49. The van der Waals surface area contributed by atoms with Crippen LogP contribution in [0, 0.1) is 17.3 Å². The first kappa shape index (κ1) is 37.7. The maximum absolute atomic E-state index is 15.2. The number of nitrogens with one attached hydrogen (secondary N) is 4. The van der Waals surface area contributed by atoms with Gasteiger partial charge < -0.3 is 30.2 Å². The first-order valence-electron chi connectivity index (χ1n) is 20.3. The summed E-state index contributed by atoms with van der Waals surface area (Å²) < 4.78 is 39.1. The number of amides is 2. The molecule has 10 rings (SSSR count). The molecule has 308 valence electrons. The number of hydrogen-bond donors (Lipinski definition) is 4. The molecule has 2 aliphatic carbocycles. The van der Waals surface area contributed by atoms with Crippen LogP contribution in [0.1, 0.15) is 63.5 Å². The Hall–Kier alpha value is -5.51. The molecule has 14 nitrogen and oxygen atoms in total. The molecule has 4 atom stereocenters. The molecule has 59 heavy (non-hydrogen) atoms. The van der Waals surface area contributed by atoms with Crippen molar-refractivity contribution in [2.75, 3.05) is 40.5 Å². The van der Waals surface area contributed by atoms with Crippen LogP contribution in [0.25, 0.3) is 21.8 Å². The van der Waals surface area contributed by atoms with E-state index in [1.165, 1.54) is 4.57 Å². The number of ether oxygens (including phenoxy) is 1. The predicted octanol–water partition coefficient (Wildman–Crippen LogP) is 6.46. The smallest absolute Gasteiger partial charge is 0.301 e. The van der Waals surface area contributed by atoms with Crippen molar-refractivity contribution >= 4 is 74.0 Å². The van der Waals surface area contributed by atoms with Gasteiger partial charge in [0.05, 0.1) is 40.6 Å². The van der Waals surface area contributed by atoms with Crippen molar-refractivity contribution in [1.82, 2.24) is 29.6 Å². The molecule has 0 radical (unpaired) electrons. The van der Waals surface area contributed by atoms with E-state index in [9.17, 15) is 14.4 Å². The van der Waals surface area contributed by atoms with Crippen LogP contribution < -0.4 is 36.5 Å². The number of aromatic nitrogens is 5. The van der Waals surface area contributed by atoms with Gasteiger partial charge in [-0.2, -0.15) is 10.1 Å². The van der Waals surface area contributed by atoms with Crippen molar-refractivity contribution in [1.29, 1.82) is 0 Å². The number of rotatable bonds is 7. The lowest BCUT2D eigenvalue weighted by molar-refractivity contribution is -0.134. The summed E-state index contributed by atoms with van der Waals surface area (Å²) in [6.07, 6.45) is 6.85. The van der Waals surface area contributed by atoms with E-state index in [1.54, 1.807) is 31.4 Å². The molecule has 0 bridgehead atoms. The summed E-state index contributed by atoms with van der Waals surface area (Å²) in [5.74, 6) is -3.01. The third-order valence-electron chi connectivity index (χ3n) is 13.2. The molecular weight excluding hydrogens is 782 g/mol. The average Bonchev–Trinajstić information content (AvgIpc) is 4.00. The van der Waals surface area contributed by atoms with Crippen LogP contribution in [0.2, 0.25) is 5.02 Å². The number of pyridine rings is 1. The summed E-state index contributed by atoms with van der Waals surface area (Å²) in [4.78, 5) is 49.1. The van der Waals surface area contributed by atoms with E-state index >= 15 is 8.78 Å². The molecule has 1 unspecified atom stereocenters. The molecule has 3 aliphatic heterocycles. The van der Waals surface area contributed by atoms with Gasteiger partial charge in [0.15, 0.2) is 12.4 Å². The van der Waals surface area contributed by atoms with E-state index in [0.717, 1.165) is 48.9 Å². The zero-order valence-electron chi connectivity index (χ0n) is 32.9. The zero-order valence-corrected chi connectivity index (χ0v) is 33.7. The van der Waals surface area contributed by atoms with Crippen molar-refractivity contribution in [3.05, 3.63) is 63.7 Å². The Kier molecular flexibility index (Phi) is 8.82. The van der Waals surface area contributed by atoms with Gasteiger partial charge in [-0.05, 0) is 86.8 Å². The number of alkyl halides is 2. The van der Waals surface area contributed by atoms with Crippen molar-refractivity contribution in [2.45, 2.75) is 75.8 Å². The minimum atomic E-state index is -3.13. The maximum atomic E-state index is 15.2. The second-order valence-corrected chi connectivity index (χ2v) is 17.8. The predicted molar refractivity (Wildman–Crippen MR) is 221 cm³/mol. The van der Waals surface area contributed by atoms with Crippen LogP contribution in [0.5, 0.6) is 5.75 Å². The lowest BCUT2D eigenvalue weighted by Gasteiger charge is -2.55. The molecule has 17 heteroatoms. The molecule has 5 aliphatic rings. The van der Waals surface area contributed by atoms with Gasteiger partial charge in [-0.3, -0.25) is 24.4 Å². The van der Waals surface area contributed by atoms with Crippen LogP contribution in [-0.4, -0.2) is 73.8 Å². The lowest BCUT2D eigenvalue weighted by atomic mass is 9.64. The van der Waals surface area contributed by atoms with E-state index in [2.05, 4.69) is 50.2 Å². The molecule has 2 aromatic carbocycles. The van der Waals surface area contributed by atoms with Crippen LogP contribution in [0.4, 0.5) is 37.6 Å². The molecule has 6 heterocycles. The Morgan fingerprint density at radius 3 is 2.54 bits per heavy atom. The number of fused-ring (bicyclic) bond motifs is 4. The fraction of sp³-hybridized carbons (Fsp3) is 0.476. The fourth-order valence-electron chi connectivity index (χ4n) is 9.90. The normalized spacial score (nSPS) is 24.8. The Bertz CT molecular complexity index is 2620. The number of nitrogens with zero attached hydrogens (tertiary/aromatic N) is 6. The second kappa shape index (κ2) is 13.8. The fourth-order valence-corrected chi connectivity index (χ4v) is 10.0. The van der Waals surface area contributed by atoms with Crippen LogP contribution >= 0.6 is 11.6 Å². The number of benzene rings is 2. The van der Waals surface area contributed by atoms with Gasteiger partial charge in [-0.15, -0.1) is 0 Å². The van der Waals surface area contributed by atoms with Gasteiger partial charge >= 0.3 is 5.92 Å². The number of hydrogen-bond acceptors (Lipinski definition) is 11. The summed E-state index contributed by atoms with van der Waals surface area (Å²) in [6, 6.07) is 10.7. The molecular formula is C42H45ClF2N10O4. The van der Waals surface area contributed by atoms with Crippen LogP contribution in [-0.2, 0) is 23.7 Å². The summed E-state index contributed by atoms with van der Waals surface area (Å²) in [7, 11) is 3.48. The third kappa shape index (κ3) is 6.59. The lowest BCUT2D eigenvalue weighted by Crippen LogP contribution is -2.60. The van der Waals surface area contributed by atoms with Gasteiger partial charge in [0.2, 0.25) is 23.5 Å². The minimum Gasteiger partial charge on any atom is -0.480 e. The number of carbonyl (C=O) groups excluding carboxylic acids is 2. The van der Waals surface area contributed by atoms with Gasteiger partial charge in [0.25, 0.3) is 5.56 Å². The topological polar surface area (TPSA) is 160 Å². The van der Waals surface area contributed by atoms with E-state index in [4.69, 9.17) is 26.4 Å². The van der Waals surface area contributed by atoms with Gasteiger partial charge in [0, 0.05) is 67.2 Å². The number of aryl methyl sites for hydroxylation is 2. The molecule has 5 aromatic rings. The van der Waals surface area contributed by atoms with E-state index < -0.39 is 30.0 Å². The van der Waals surface area contributed by atoms with Gasteiger partial charge in [0.1, 0.15) is 5.02 Å². The number of imide groups is 1. The second-order valence-electron chi connectivity index (χ2n) is 17.4. The summed E-state index contributed by atoms with van der Waals surface area (Å²) >= 11 is 6.63. The minimum absolute atomic E-state index is 0.110. The SMILES string of the molecule is C[C@H]1CC2(CC[C@H]1Nc1ccc3c(C4CCC(=O)NC4=O)nn(C)c3c1)CN(c1ncc(Cl)c(Nc3ccc4c(c3)c3c(c(=O)n4C)OCC(F)(F)[C@H](C4CC4)N3)n1)C2. The number of halogens is 3. The molecule has 4 N–H and O–H groups in total. The van der Waals surface area contributed by atoms with Crippen molar-refractivity contribution in [3.8, 4) is 5.75 Å². The van der Waals surface area contributed by atoms with Gasteiger partial charge in [-0.1, -0.05) is 18.5 Å². The largest absolute Gasteiger partial charge is 0.480 e. The number of anilines is 5. The Labute approximate surface area is 343 Å². The Balaban J connectivity index is 0.814. The standard InChI is InChI=1S/C42H45ClF2N10O4/c1-21-16-41(13-12-29(21)47-24-6-8-25-31(15-24)54(3)52-33(25)26-9-11-32(56)49-38(26)57)18-55(19-41)40-46-17-28(43)37(51-40)48-23-7-10-30-27(14-23)34-35(39(58)53(30)2)59-20-42(44,45)36(50-34)22-4-5-22/h6-8,10,14-15,17,21-22,26,29,36,47,50H,4-5,9,11-13,16,18-20H2,1-3H3,(H,46,48,51)(H,49,56,57)/t21-,26?,29+,36-/m0/s1. The molecule has 2 saturated heterocycles. The molecule has 2 amide bonds. The van der Waals surface area contributed by atoms with Gasteiger partial charge in [-0.25, -0.2) is 13.8 Å². The first-order valence-corrected chi connectivity index (χ1v) is 20.7. The molecule has 2 saturated carbocycles. The third-order valence-corrected chi connectivity index (χ3v) is 13.4. The first-order chi connectivity index (χ1) is 28.3. The van der Waals surface area contributed by atoms with Crippen molar-refractivity contribution < 1.29 is 23.1 Å². The Morgan fingerprint density at radius 2 is 1.78 bits per heavy atom. The van der Waals surface area contributed by atoms with Crippen LogP contribution in [0.15, 0.2) is 47.4 Å². The number of carbonyl (C=O) groups is 2. The summed E-state index contributed by atoms with van der Waals surface area (Å²) in [5, 5.41) is 19.1. The zero-order chi connectivity index (χ0) is 41.0. The quantitative estimate of drug-likeness (QED) is 0.134. The van der Waals surface area contributed by atoms with E-state index in [-0.39, 0.29) is 40.6 Å². The summed E-state index contributed by atoms with van der Waals surface area (Å²) in [5.41, 5.74) is 3.78. The maximum Gasteiger partial charge on any atom is 0.301 e. The highest BCUT2D eigenvalue weighted by atomic mass is 35.5. The average molecular weight is 827 g/mol. The van der Waals surface area contributed by atoms with E-state index in [0.29, 0.717) is 70.7 Å². The van der Waals surface area contributed by atoms with Crippen LogP contribution in [0.3, 0.4) is 0 Å². The molecule has 1 spiro atoms. The van der Waals surface area contributed by atoms with E-state index in [1.807, 2.05) is 17.8 Å². The molecule has 3 aromatic heterocycles. The summed E-state index contributed by atoms with van der Waals surface area (Å²) in [6.45, 7) is 3.08. The monoisotopic (exact) mass is 826 g/mol. The highest BCUT2D eigenvalue weighted by molar-refractivity contribution is 6.33. The Morgan fingerprint density at radius 1 is 0.983 bits per heavy atom. The molecule has 4 fully saturated rings. The van der Waals surface area contributed by atoms with Crippen molar-refractivity contribution in [3.63, 3.8) is 0 Å². The number of piperidine rings is 1.